The number of benzene rings is 1. The maximum Gasteiger partial charge on any atom is 0.360 e. The Morgan fingerprint density at radius 2 is 2.00 bits per heavy atom. The summed E-state index contributed by atoms with van der Waals surface area (Å²) < 4.78 is 1.50. The van der Waals surface area contributed by atoms with Crippen molar-refractivity contribution < 1.29 is 9.90 Å². The number of carboxylic acids is 1. The van der Waals surface area contributed by atoms with E-state index in [1.54, 1.807) is 24.3 Å². The molecule has 110 valence electrons. The molecular weight excluding hydrogens is 292 g/mol. The molecule has 0 saturated carbocycles. The number of carbonyl (C=O) groups is 1. The van der Waals surface area contributed by atoms with E-state index >= 15 is 0 Å². The van der Waals surface area contributed by atoms with Crippen LogP contribution in [0.1, 0.15) is 35.9 Å². The minimum atomic E-state index is -1.33. The van der Waals surface area contributed by atoms with Crippen LogP contribution in [0.15, 0.2) is 35.1 Å². The van der Waals surface area contributed by atoms with Crippen LogP contribution in [0.4, 0.5) is 0 Å². The molecule has 0 atom stereocenters. The smallest absolute Gasteiger partial charge is 0.360 e. The molecule has 21 heavy (non-hydrogen) atoms. The number of hydrogen-bond donors (Lipinski definition) is 1. The van der Waals surface area contributed by atoms with Crippen molar-refractivity contribution in [2.75, 3.05) is 0 Å². The second-order valence-corrected chi connectivity index (χ2v) is 5.08. The van der Waals surface area contributed by atoms with E-state index in [4.69, 9.17) is 16.7 Å². The Bertz CT molecular complexity index is 708. The summed E-state index contributed by atoms with van der Waals surface area (Å²) in [5.41, 5.74) is 0.311. The molecule has 0 amide bonds. The van der Waals surface area contributed by atoms with Crippen molar-refractivity contribution in [3.8, 4) is 5.69 Å². The molecule has 0 aliphatic carbocycles. The second-order valence-electron chi connectivity index (χ2n) is 4.65. The van der Waals surface area contributed by atoms with Crippen LogP contribution >= 0.6 is 11.6 Å². The highest BCUT2D eigenvalue weighted by Crippen LogP contribution is 2.15. The van der Waals surface area contributed by atoms with Crippen molar-refractivity contribution >= 4 is 17.6 Å². The van der Waals surface area contributed by atoms with Gasteiger partial charge in [-0.05, 0) is 37.1 Å². The van der Waals surface area contributed by atoms with Gasteiger partial charge in [-0.15, -0.1) is 0 Å². The lowest BCUT2D eigenvalue weighted by Crippen LogP contribution is -2.23. The van der Waals surface area contributed by atoms with E-state index in [9.17, 15) is 9.59 Å². The van der Waals surface area contributed by atoms with Crippen molar-refractivity contribution in [3.63, 3.8) is 0 Å². The average molecular weight is 307 g/mol. The molecule has 1 aromatic carbocycles. The largest absolute Gasteiger partial charge is 0.476 e. The van der Waals surface area contributed by atoms with Crippen molar-refractivity contribution in [2.45, 2.75) is 26.2 Å². The Morgan fingerprint density at radius 3 is 2.57 bits per heavy atom. The molecule has 1 N–H and O–H groups in total. The number of carboxylic acid groups (broad SMARTS) is 1. The predicted molar refractivity (Wildman–Crippen MR) is 80.4 cm³/mol. The van der Waals surface area contributed by atoms with Crippen LogP contribution in [0.3, 0.4) is 0 Å². The predicted octanol–water partition coefficient (Wildman–Crippen LogP) is 2.93. The summed E-state index contributed by atoms with van der Waals surface area (Å²) in [4.78, 5) is 22.9. The van der Waals surface area contributed by atoms with Gasteiger partial charge in [-0.2, -0.15) is 5.10 Å². The van der Waals surface area contributed by atoms with Gasteiger partial charge in [0.2, 0.25) is 11.1 Å². The highest BCUT2D eigenvalue weighted by Gasteiger charge is 2.15. The zero-order valence-electron chi connectivity index (χ0n) is 11.5. The Morgan fingerprint density at radius 1 is 1.33 bits per heavy atom. The maximum absolute atomic E-state index is 11.8. The van der Waals surface area contributed by atoms with Gasteiger partial charge in [0.1, 0.15) is 0 Å². The first-order valence-corrected chi connectivity index (χ1v) is 7.03. The fourth-order valence-corrected chi connectivity index (χ4v) is 2.11. The van der Waals surface area contributed by atoms with E-state index in [0.29, 0.717) is 22.8 Å². The van der Waals surface area contributed by atoms with E-state index in [1.165, 1.54) is 10.7 Å². The van der Waals surface area contributed by atoms with Gasteiger partial charge in [0.25, 0.3) is 0 Å². The normalized spacial score (nSPS) is 10.6. The molecule has 0 radical (unpaired) electrons. The Hall–Kier alpha value is -2.14. The number of hydrogen-bond acceptors (Lipinski definition) is 3. The summed E-state index contributed by atoms with van der Waals surface area (Å²) in [5, 5.41) is 13.6. The third-order valence-corrected chi connectivity index (χ3v) is 3.32. The summed E-state index contributed by atoms with van der Waals surface area (Å²) in [7, 11) is 0. The summed E-state index contributed by atoms with van der Waals surface area (Å²) in [6.07, 6.45) is 2.51. The van der Waals surface area contributed by atoms with Crippen LogP contribution in [0, 0.1) is 0 Å². The first-order valence-electron chi connectivity index (χ1n) is 6.65. The third kappa shape index (κ3) is 3.49. The molecule has 0 fully saturated rings. The number of nitrogens with zero attached hydrogens (tertiary/aromatic N) is 2. The number of unbranched alkanes of at least 4 members (excludes halogenated alkanes) is 1. The standard InChI is InChI=1S/C15H15ClN2O3/c1-2-3-4-12-9-13(19)14(15(20)21)17-18(12)11-7-5-10(16)6-8-11/h5-9H,2-4H2,1H3,(H,20,21). The van der Waals surface area contributed by atoms with Gasteiger partial charge in [-0.3, -0.25) is 4.79 Å². The molecule has 0 unspecified atom stereocenters. The fourth-order valence-electron chi connectivity index (χ4n) is 1.98. The van der Waals surface area contributed by atoms with Crippen LogP contribution in [-0.4, -0.2) is 20.9 Å². The van der Waals surface area contributed by atoms with Gasteiger partial charge in [0.05, 0.1) is 5.69 Å². The molecule has 0 aliphatic rings. The van der Waals surface area contributed by atoms with Crippen LogP contribution in [0.25, 0.3) is 5.69 Å². The first kappa shape index (κ1) is 15.3. The topological polar surface area (TPSA) is 72.2 Å². The van der Waals surface area contributed by atoms with E-state index in [-0.39, 0.29) is 0 Å². The SMILES string of the molecule is CCCCc1cc(=O)c(C(=O)O)nn1-c1ccc(Cl)cc1. The average Bonchev–Trinajstić information content (AvgIpc) is 2.46. The van der Waals surface area contributed by atoms with E-state index in [1.807, 2.05) is 6.92 Å². The van der Waals surface area contributed by atoms with Crippen LogP contribution in [0.2, 0.25) is 5.02 Å². The molecule has 2 rings (SSSR count). The number of aromatic carboxylic acids is 1. The molecule has 0 bridgehead atoms. The summed E-state index contributed by atoms with van der Waals surface area (Å²) in [5.74, 6) is -1.33. The zero-order valence-corrected chi connectivity index (χ0v) is 12.3. The minimum absolute atomic E-state index is 0.481. The second kappa shape index (κ2) is 6.54. The van der Waals surface area contributed by atoms with Crippen LogP contribution < -0.4 is 5.43 Å². The lowest BCUT2D eigenvalue weighted by atomic mass is 10.1. The lowest BCUT2D eigenvalue weighted by Gasteiger charge is -2.12. The molecule has 6 heteroatoms. The number of halogens is 1. The van der Waals surface area contributed by atoms with E-state index in [0.717, 1.165) is 12.8 Å². The monoisotopic (exact) mass is 306 g/mol. The number of rotatable bonds is 5. The van der Waals surface area contributed by atoms with E-state index in [2.05, 4.69) is 5.10 Å². The number of aryl methyl sites for hydroxylation is 1. The molecule has 5 nitrogen and oxygen atoms in total. The molecule has 1 heterocycles. The first-order chi connectivity index (χ1) is 10.0. The minimum Gasteiger partial charge on any atom is -0.476 e. The lowest BCUT2D eigenvalue weighted by molar-refractivity contribution is 0.0686. The van der Waals surface area contributed by atoms with Gasteiger partial charge in [0.15, 0.2) is 0 Å². The van der Waals surface area contributed by atoms with Crippen LogP contribution in [0.5, 0.6) is 0 Å². The highest BCUT2D eigenvalue weighted by molar-refractivity contribution is 6.30. The van der Waals surface area contributed by atoms with Gasteiger partial charge in [0, 0.05) is 16.8 Å². The van der Waals surface area contributed by atoms with Crippen molar-refractivity contribution in [3.05, 3.63) is 57.0 Å². The van der Waals surface area contributed by atoms with Crippen LogP contribution in [-0.2, 0) is 6.42 Å². The molecule has 0 aliphatic heterocycles. The van der Waals surface area contributed by atoms with Crippen molar-refractivity contribution in [2.24, 2.45) is 0 Å². The molecule has 0 spiro atoms. The van der Waals surface area contributed by atoms with E-state index < -0.39 is 17.1 Å². The fraction of sp³-hybridized carbons (Fsp3) is 0.267. The van der Waals surface area contributed by atoms with Gasteiger partial charge >= 0.3 is 5.97 Å². The Kier molecular flexibility index (Phi) is 4.75. The summed E-state index contributed by atoms with van der Waals surface area (Å²) in [6.45, 7) is 2.05. The quantitative estimate of drug-likeness (QED) is 0.922. The maximum atomic E-state index is 11.8. The van der Waals surface area contributed by atoms with Crippen molar-refractivity contribution in [1.29, 1.82) is 0 Å². The molecule has 1 aromatic heterocycles. The highest BCUT2D eigenvalue weighted by atomic mass is 35.5. The van der Waals surface area contributed by atoms with Gasteiger partial charge in [-0.1, -0.05) is 24.9 Å². The van der Waals surface area contributed by atoms with Gasteiger partial charge < -0.3 is 5.11 Å². The van der Waals surface area contributed by atoms with Gasteiger partial charge in [-0.25, -0.2) is 9.48 Å². The molecule has 0 saturated heterocycles. The third-order valence-electron chi connectivity index (χ3n) is 3.06. The van der Waals surface area contributed by atoms with Crippen molar-refractivity contribution in [1.82, 2.24) is 9.78 Å². The number of aromatic nitrogens is 2. The molecular formula is C15H15ClN2O3. The Labute approximate surface area is 126 Å². The molecule has 2 aromatic rings. The Balaban J connectivity index is 2.59. The zero-order chi connectivity index (χ0) is 15.4. The summed E-state index contributed by atoms with van der Waals surface area (Å²) in [6, 6.07) is 8.21. The summed E-state index contributed by atoms with van der Waals surface area (Å²) >= 11 is 5.86.